The molecule has 0 saturated heterocycles. The molecule has 0 aromatic heterocycles. The number of hydrogen-bond acceptors (Lipinski definition) is 0. The van der Waals surface area contributed by atoms with Crippen LogP contribution in [-0.4, -0.2) is 0 Å². The van der Waals surface area contributed by atoms with Gasteiger partial charge in [0.25, 0.3) is 0 Å². The van der Waals surface area contributed by atoms with Gasteiger partial charge in [-0.25, -0.2) is 0 Å². The number of allylic oxidation sites excluding steroid dienone is 2. The molecule has 0 heteroatoms. The van der Waals surface area contributed by atoms with Gasteiger partial charge in [0.1, 0.15) is 0 Å². The third kappa shape index (κ3) is 3.35. The first-order valence-corrected chi connectivity index (χ1v) is 7.23. The van der Waals surface area contributed by atoms with E-state index < -0.39 is 0 Å². The SMILES string of the molecule is C=CC(=C)c1ccc(C2CCCCCCC2)cc1. The smallest absolute Gasteiger partial charge is 0.0162 e. The predicted molar refractivity (Wildman–Crippen MR) is 80.7 cm³/mol. The van der Waals surface area contributed by atoms with Gasteiger partial charge in [0.15, 0.2) is 0 Å². The normalized spacial score (nSPS) is 17.8. The van der Waals surface area contributed by atoms with E-state index >= 15 is 0 Å². The van der Waals surface area contributed by atoms with Crippen molar-refractivity contribution < 1.29 is 0 Å². The van der Waals surface area contributed by atoms with Crippen LogP contribution in [0.2, 0.25) is 0 Å². The van der Waals surface area contributed by atoms with Crippen LogP contribution in [0.15, 0.2) is 43.5 Å². The fraction of sp³-hybridized carbons (Fsp3) is 0.444. The maximum atomic E-state index is 3.99. The monoisotopic (exact) mass is 240 g/mol. The molecule has 0 spiro atoms. The summed E-state index contributed by atoms with van der Waals surface area (Å²) in [6, 6.07) is 8.96. The van der Waals surface area contributed by atoms with Crippen molar-refractivity contribution in [3.05, 3.63) is 54.6 Å². The van der Waals surface area contributed by atoms with Crippen molar-refractivity contribution >= 4 is 5.57 Å². The predicted octanol–water partition coefficient (Wildman–Crippen LogP) is 5.71. The molecule has 0 nitrogen and oxygen atoms in total. The van der Waals surface area contributed by atoms with E-state index in [1.807, 2.05) is 6.08 Å². The van der Waals surface area contributed by atoms with Crippen LogP contribution >= 0.6 is 0 Å². The lowest BCUT2D eigenvalue weighted by atomic mass is 9.85. The highest BCUT2D eigenvalue weighted by Crippen LogP contribution is 2.31. The molecule has 96 valence electrons. The third-order valence-electron chi connectivity index (χ3n) is 4.10. The van der Waals surface area contributed by atoms with Crippen molar-refractivity contribution in [1.29, 1.82) is 0 Å². The van der Waals surface area contributed by atoms with E-state index in [4.69, 9.17) is 0 Å². The first kappa shape index (κ1) is 13.1. The second-order valence-electron chi connectivity index (χ2n) is 5.39. The molecule has 0 aliphatic heterocycles. The van der Waals surface area contributed by atoms with Gasteiger partial charge in [0.2, 0.25) is 0 Å². The fourth-order valence-corrected chi connectivity index (χ4v) is 2.88. The topological polar surface area (TPSA) is 0 Å². The van der Waals surface area contributed by atoms with Crippen LogP contribution in [0.4, 0.5) is 0 Å². The molecule has 0 unspecified atom stereocenters. The second kappa shape index (κ2) is 6.58. The molecule has 0 bridgehead atoms. The average molecular weight is 240 g/mol. The lowest BCUT2D eigenvalue weighted by Gasteiger charge is -2.20. The lowest BCUT2D eigenvalue weighted by molar-refractivity contribution is 0.455. The fourth-order valence-electron chi connectivity index (χ4n) is 2.88. The Hall–Kier alpha value is -1.30. The zero-order valence-electron chi connectivity index (χ0n) is 11.3. The molecular weight excluding hydrogens is 216 g/mol. The van der Waals surface area contributed by atoms with Crippen molar-refractivity contribution in [1.82, 2.24) is 0 Å². The van der Waals surface area contributed by atoms with E-state index in [1.165, 1.54) is 56.1 Å². The molecule has 1 aromatic carbocycles. The van der Waals surface area contributed by atoms with E-state index in [9.17, 15) is 0 Å². The summed E-state index contributed by atoms with van der Waals surface area (Å²) in [7, 11) is 0. The largest absolute Gasteiger partial charge is 0.0985 e. The summed E-state index contributed by atoms with van der Waals surface area (Å²) < 4.78 is 0. The summed E-state index contributed by atoms with van der Waals surface area (Å²) in [5, 5.41) is 0. The maximum absolute atomic E-state index is 3.99. The Labute approximate surface area is 111 Å². The molecule has 1 aliphatic carbocycles. The molecule has 0 amide bonds. The van der Waals surface area contributed by atoms with Gasteiger partial charge in [-0.1, -0.05) is 75.6 Å². The van der Waals surface area contributed by atoms with Gasteiger partial charge in [0, 0.05) is 0 Å². The van der Waals surface area contributed by atoms with E-state index in [0.717, 1.165) is 11.5 Å². The van der Waals surface area contributed by atoms with Crippen LogP contribution < -0.4 is 0 Å². The summed E-state index contributed by atoms with van der Waals surface area (Å²) in [4.78, 5) is 0. The van der Waals surface area contributed by atoms with Gasteiger partial charge >= 0.3 is 0 Å². The van der Waals surface area contributed by atoms with Crippen molar-refractivity contribution in [2.75, 3.05) is 0 Å². The molecule has 1 saturated carbocycles. The minimum absolute atomic E-state index is 0.774. The quantitative estimate of drug-likeness (QED) is 0.593. The van der Waals surface area contributed by atoms with Crippen LogP contribution in [-0.2, 0) is 0 Å². The average Bonchev–Trinajstić information content (AvgIpc) is 2.38. The molecule has 2 rings (SSSR count). The highest BCUT2D eigenvalue weighted by atomic mass is 14.2. The second-order valence-corrected chi connectivity index (χ2v) is 5.39. The van der Waals surface area contributed by atoms with Crippen LogP contribution in [0.1, 0.15) is 62.0 Å². The Morgan fingerprint density at radius 2 is 1.50 bits per heavy atom. The standard InChI is InChI=1S/C18H24/c1-3-15(2)16-11-13-18(14-12-16)17-9-7-5-4-6-8-10-17/h3,11-14,17H,1-2,4-10H2. The number of benzene rings is 1. The minimum Gasteiger partial charge on any atom is -0.0985 e. The van der Waals surface area contributed by atoms with E-state index in [2.05, 4.69) is 37.4 Å². The van der Waals surface area contributed by atoms with Gasteiger partial charge in [-0.2, -0.15) is 0 Å². The first-order chi connectivity index (χ1) is 8.81. The highest BCUT2D eigenvalue weighted by molar-refractivity contribution is 5.71. The van der Waals surface area contributed by atoms with E-state index in [1.54, 1.807) is 0 Å². The van der Waals surface area contributed by atoms with Gasteiger partial charge in [-0.3, -0.25) is 0 Å². The highest BCUT2D eigenvalue weighted by Gasteiger charge is 2.13. The van der Waals surface area contributed by atoms with Crippen LogP contribution in [0.25, 0.3) is 5.57 Å². The molecule has 1 fully saturated rings. The van der Waals surface area contributed by atoms with E-state index in [-0.39, 0.29) is 0 Å². The molecule has 0 atom stereocenters. The Bertz CT molecular complexity index is 389. The van der Waals surface area contributed by atoms with E-state index in [0.29, 0.717) is 0 Å². The Morgan fingerprint density at radius 3 is 2.06 bits per heavy atom. The van der Waals surface area contributed by atoms with Crippen molar-refractivity contribution in [3.8, 4) is 0 Å². The van der Waals surface area contributed by atoms with Gasteiger partial charge < -0.3 is 0 Å². The summed E-state index contributed by atoms with van der Waals surface area (Å²) in [5.74, 6) is 0.774. The number of rotatable bonds is 3. The van der Waals surface area contributed by atoms with Gasteiger partial charge in [-0.05, 0) is 35.5 Å². The summed E-state index contributed by atoms with van der Waals surface area (Å²) in [5.41, 5.74) is 3.72. The molecule has 1 aromatic rings. The Balaban J connectivity index is 2.07. The van der Waals surface area contributed by atoms with Gasteiger partial charge in [-0.15, -0.1) is 0 Å². The third-order valence-corrected chi connectivity index (χ3v) is 4.10. The number of hydrogen-bond donors (Lipinski definition) is 0. The minimum atomic E-state index is 0.774. The molecule has 0 heterocycles. The van der Waals surface area contributed by atoms with Crippen LogP contribution in [0.5, 0.6) is 0 Å². The lowest BCUT2D eigenvalue weighted by Crippen LogP contribution is -2.02. The molecule has 1 aliphatic rings. The summed E-state index contributed by atoms with van der Waals surface area (Å²) in [6.07, 6.45) is 11.6. The van der Waals surface area contributed by atoms with Crippen molar-refractivity contribution in [3.63, 3.8) is 0 Å². The Kier molecular flexibility index (Phi) is 4.81. The molecule has 18 heavy (non-hydrogen) atoms. The molecule has 0 N–H and O–H groups in total. The maximum Gasteiger partial charge on any atom is -0.0162 e. The zero-order chi connectivity index (χ0) is 12.8. The van der Waals surface area contributed by atoms with Crippen molar-refractivity contribution in [2.24, 2.45) is 0 Å². The van der Waals surface area contributed by atoms with Crippen LogP contribution in [0.3, 0.4) is 0 Å². The van der Waals surface area contributed by atoms with Gasteiger partial charge in [0.05, 0.1) is 0 Å². The van der Waals surface area contributed by atoms with Crippen molar-refractivity contribution in [2.45, 2.75) is 50.9 Å². The zero-order valence-corrected chi connectivity index (χ0v) is 11.3. The molecule has 0 radical (unpaired) electrons. The summed E-state index contributed by atoms with van der Waals surface area (Å²) in [6.45, 7) is 7.77. The summed E-state index contributed by atoms with van der Waals surface area (Å²) >= 11 is 0. The molecular formula is C18H24. The Morgan fingerprint density at radius 1 is 0.944 bits per heavy atom. The first-order valence-electron chi connectivity index (χ1n) is 7.23. The van der Waals surface area contributed by atoms with Crippen LogP contribution in [0, 0.1) is 0 Å².